The predicted molar refractivity (Wildman–Crippen MR) is 127 cm³/mol. The normalized spacial score (nSPS) is 15.6. The van der Waals surface area contributed by atoms with E-state index in [1.807, 2.05) is 18.2 Å². The first-order chi connectivity index (χ1) is 14.7. The lowest BCUT2D eigenvalue weighted by Gasteiger charge is -2.27. The molecule has 4 aromatic rings. The topological polar surface area (TPSA) is 49.0 Å². The van der Waals surface area contributed by atoms with Gasteiger partial charge >= 0.3 is 0 Å². The van der Waals surface area contributed by atoms with Crippen molar-refractivity contribution in [1.82, 2.24) is 14.9 Å². The summed E-state index contributed by atoms with van der Waals surface area (Å²) in [4.78, 5) is 23.9. The number of aromatic amines is 1. The smallest absolute Gasteiger partial charge is 0.260 e. The highest BCUT2D eigenvalue weighted by Crippen LogP contribution is 2.34. The molecule has 0 aliphatic carbocycles. The van der Waals surface area contributed by atoms with Crippen LogP contribution in [0.25, 0.3) is 32.5 Å². The van der Waals surface area contributed by atoms with Crippen LogP contribution in [0.4, 0.5) is 0 Å². The Labute approximate surface area is 184 Å². The first kappa shape index (κ1) is 19.5. The van der Waals surface area contributed by atoms with Crippen LogP contribution in [0.5, 0.6) is 0 Å². The monoisotopic (exact) mass is 433 g/mol. The van der Waals surface area contributed by atoms with E-state index < -0.39 is 0 Å². The zero-order chi connectivity index (χ0) is 20.5. The highest BCUT2D eigenvalue weighted by molar-refractivity contribution is 7.99. The maximum atomic E-state index is 12.9. The summed E-state index contributed by atoms with van der Waals surface area (Å²) in [6.45, 7) is 2.21. The zero-order valence-corrected chi connectivity index (χ0v) is 18.4. The van der Waals surface area contributed by atoms with E-state index >= 15 is 0 Å². The number of nitrogens with one attached hydrogen (secondary N) is 1. The number of benzene rings is 2. The first-order valence-electron chi connectivity index (χ1n) is 10.2. The summed E-state index contributed by atoms with van der Waals surface area (Å²) in [5, 5.41) is 4.01. The summed E-state index contributed by atoms with van der Waals surface area (Å²) in [7, 11) is 2.16. The number of thioether (sulfide) groups is 1. The van der Waals surface area contributed by atoms with Crippen LogP contribution in [0.2, 0.25) is 0 Å². The lowest BCUT2D eigenvalue weighted by Crippen LogP contribution is -2.31. The fraction of sp³-hybridized carbons (Fsp3) is 0.250. The quantitative estimate of drug-likeness (QED) is 0.432. The number of thiophene rings is 1. The summed E-state index contributed by atoms with van der Waals surface area (Å²) in [6.07, 6.45) is 2.26. The van der Waals surface area contributed by atoms with Gasteiger partial charge in [-0.2, -0.15) is 0 Å². The van der Waals surface area contributed by atoms with E-state index in [0.29, 0.717) is 10.6 Å². The number of H-pyrrole nitrogens is 1. The van der Waals surface area contributed by atoms with Crippen molar-refractivity contribution in [3.05, 3.63) is 70.3 Å². The third-order valence-corrected chi connectivity index (χ3v) is 7.76. The number of fused-ring (bicyclic) bond motifs is 1. The van der Waals surface area contributed by atoms with Crippen LogP contribution in [0.1, 0.15) is 12.8 Å². The van der Waals surface area contributed by atoms with Gasteiger partial charge in [0, 0.05) is 16.2 Å². The largest absolute Gasteiger partial charge is 0.306 e. The molecule has 2 aromatic carbocycles. The van der Waals surface area contributed by atoms with E-state index in [0.717, 1.165) is 47.0 Å². The van der Waals surface area contributed by atoms with Gasteiger partial charge in [0.15, 0.2) is 5.16 Å². The number of piperidine rings is 1. The SMILES string of the molecule is CN1CCC(Sc2nc3scc(-c4ccc(-c5ccccc5)cc4)c3c(=O)[nH]2)CC1. The molecular weight excluding hydrogens is 410 g/mol. The highest BCUT2D eigenvalue weighted by Gasteiger charge is 2.20. The van der Waals surface area contributed by atoms with Gasteiger partial charge in [-0.25, -0.2) is 4.98 Å². The molecule has 152 valence electrons. The number of aromatic nitrogens is 2. The Morgan fingerprint density at radius 1 is 1.00 bits per heavy atom. The second-order valence-corrected chi connectivity index (χ2v) is 9.91. The van der Waals surface area contributed by atoms with Gasteiger partial charge in [0.25, 0.3) is 5.56 Å². The van der Waals surface area contributed by atoms with Gasteiger partial charge in [-0.05, 0) is 49.7 Å². The number of rotatable bonds is 4. The average Bonchev–Trinajstić information content (AvgIpc) is 3.21. The summed E-state index contributed by atoms with van der Waals surface area (Å²) in [5.41, 5.74) is 4.32. The highest BCUT2D eigenvalue weighted by atomic mass is 32.2. The van der Waals surface area contributed by atoms with Gasteiger partial charge in [0.1, 0.15) is 4.83 Å². The van der Waals surface area contributed by atoms with E-state index in [1.165, 1.54) is 11.1 Å². The third-order valence-electron chi connectivity index (χ3n) is 5.67. The molecule has 1 N–H and O–H groups in total. The van der Waals surface area contributed by atoms with Gasteiger partial charge in [-0.3, -0.25) is 4.79 Å². The maximum Gasteiger partial charge on any atom is 0.260 e. The van der Waals surface area contributed by atoms with Gasteiger partial charge in [0.2, 0.25) is 0 Å². The molecule has 1 saturated heterocycles. The maximum absolute atomic E-state index is 12.9. The van der Waals surface area contributed by atoms with E-state index in [2.05, 4.69) is 58.7 Å². The molecule has 1 aliphatic rings. The van der Waals surface area contributed by atoms with Gasteiger partial charge in [-0.1, -0.05) is 66.4 Å². The minimum atomic E-state index is -0.0428. The summed E-state index contributed by atoms with van der Waals surface area (Å²) in [5.74, 6) is 0. The van der Waals surface area contributed by atoms with E-state index in [4.69, 9.17) is 4.98 Å². The lowest BCUT2D eigenvalue weighted by atomic mass is 10.0. The third kappa shape index (κ3) is 3.95. The van der Waals surface area contributed by atoms with E-state index in [9.17, 15) is 4.79 Å². The first-order valence-corrected chi connectivity index (χ1v) is 12.0. The van der Waals surface area contributed by atoms with Crippen LogP contribution in [0, 0.1) is 0 Å². The van der Waals surface area contributed by atoms with Crippen molar-refractivity contribution in [2.75, 3.05) is 20.1 Å². The molecule has 5 rings (SSSR count). The average molecular weight is 434 g/mol. The van der Waals surface area contributed by atoms with Crippen molar-refractivity contribution in [1.29, 1.82) is 0 Å². The van der Waals surface area contributed by atoms with Crippen LogP contribution in [-0.4, -0.2) is 40.3 Å². The standard InChI is InChI=1S/C24H23N3OS2/c1-27-13-11-19(12-14-27)30-24-25-22(28)21-20(15-29-23(21)26-24)18-9-7-17(8-10-18)16-5-3-2-4-6-16/h2-10,15,19H,11-14H2,1H3,(H,25,26,28). The van der Waals surface area contributed by atoms with E-state index in [1.54, 1.807) is 23.1 Å². The van der Waals surface area contributed by atoms with E-state index in [-0.39, 0.29) is 5.56 Å². The number of nitrogens with zero attached hydrogens (tertiary/aromatic N) is 2. The fourth-order valence-corrected chi connectivity index (χ4v) is 5.99. The molecule has 30 heavy (non-hydrogen) atoms. The molecule has 6 heteroatoms. The molecule has 0 radical (unpaired) electrons. The Bertz CT molecular complexity index is 1210. The van der Waals surface area contributed by atoms with Crippen LogP contribution in [0.15, 0.2) is 69.9 Å². The fourth-order valence-electron chi connectivity index (χ4n) is 3.93. The van der Waals surface area contributed by atoms with Gasteiger partial charge < -0.3 is 9.88 Å². The lowest BCUT2D eigenvalue weighted by molar-refractivity contribution is 0.282. The molecule has 0 saturated carbocycles. The minimum Gasteiger partial charge on any atom is -0.306 e. The second kappa shape index (κ2) is 8.38. The molecule has 0 atom stereocenters. The number of hydrogen-bond donors (Lipinski definition) is 1. The summed E-state index contributed by atoms with van der Waals surface area (Å²) in [6, 6.07) is 18.7. The second-order valence-electron chi connectivity index (χ2n) is 7.76. The van der Waals surface area contributed by atoms with Crippen molar-refractivity contribution >= 4 is 33.3 Å². The van der Waals surface area contributed by atoms with Crippen LogP contribution in [-0.2, 0) is 0 Å². The molecule has 0 spiro atoms. The van der Waals surface area contributed by atoms with Crippen molar-refractivity contribution in [3.8, 4) is 22.3 Å². The summed E-state index contributed by atoms with van der Waals surface area (Å²) >= 11 is 3.26. The minimum absolute atomic E-state index is 0.0428. The Hall–Kier alpha value is -2.41. The number of hydrogen-bond acceptors (Lipinski definition) is 5. The molecule has 2 aromatic heterocycles. The number of likely N-dealkylation sites (tertiary alicyclic amines) is 1. The molecule has 3 heterocycles. The summed E-state index contributed by atoms with van der Waals surface area (Å²) < 4.78 is 0. The predicted octanol–water partition coefficient (Wildman–Crippen LogP) is 5.50. The van der Waals surface area contributed by atoms with Crippen LogP contribution < -0.4 is 5.56 Å². The van der Waals surface area contributed by atoms with Gasteiger partial charge in [-0.15, -0.1) is 11.3 Å². The van der Waals surface area contributed by atoms with Crippen molar-refractivity contribution < 1.29 is 0 Å². The van der Waals surface area contributed by atoms with Crippen molar-refractivity contribution in [2.45, 2.75) is 23.2 Å². The Morgan fingerprint density at radius 2 is 1.67 bits per heavy atom. The Balaban J connectivity index is 1.43. The Kier molecular flexibility index (Phi) is 5.46. The molecular formula is C24H23N3OS2. The molecule has 0 amide bonds. The van der Waals surface area contributed by atoms with Crippen LogP contribution >= 0.6 is 23.1 Å². The molecule has 1 fully saturated rings. The molecule has 1 aliphatic heterocycles. The Morgan fingerprint density at radius 3 is 2.40 bits per heavy atom. The van der Waals surface area contributed by atoms with Crippen molar-refractivity contribution in [2.24, 2.45) is 0 Å². The molecule has 4 nitrogen and oxygen atoms in total. The molecule has 0 bridgehead atoms. The van der Waals surface area contributed by atoms with Crippen molar-refractivity contribution in [3.63, 3.8) is 0 Å². The molecule has 0 unspecified atom stereocenters. The van der Waals surface area contributed by atoms with Gasteiger partial charge in [0.05, 0.1) is 5.39 Å². The van der Waals surface area contributed by atoms with Crippen LogP contribution in [0.3, 0.4) is 0 Å². The zero-order valence-electron chi connectivity index (χ0n) is 16.8.